The van der Waals surface area contributed by atoms with Gasteiger partial charge in [-0.25, -0.2) is 21.6 Å². The predicted octanol–water partition coefficient (Wildman–Crippen LogP) is 7.31. The molecule has 0 aromatic heterocycles. The molecule has 1 N–H and O–H groups in total. The second kappa shape index (κ2) is 16.2. The van der Waals surface area contributed by atoms with Gasteiger partial charge in [-0.2, -0.15) is 0 Å². The maximum absolute atomic E-state index is 13.8. The van der Waals surface area contributed by atoms with Crippen LogP contribution in [0, 0.1) is 13.8 Å². The number of nitrogens with one attached hydrogen (secondary N) is 1. The van der Waals surface area contributed by atoms with Crippen LogP contribution in [0.25, 0.3) is 0 Å². The number of anilines is 3. The lowest BCUT2D eigenvalue weighted by molar-refractivity contribution is -0.137. The molecule has 59 heavy (non-hydrogen) atoms. The topological polar surface area (TPSA) is 166 Å². The molecule has 5 aromatic carbocycles. The zero-order valence-electron chi connectivity index (χ0n) is 32.2. The van der Waals surface area contributed by atoms with Gasteiger partial charge in [0.15, 0.2) is 0 Å². The minimum Gasteiger partial charge on any atom is -0.495 e. The second-order valence-electron chi connectivity index (χ2n) is 13.9. The third-order valence-electron chi connectivity index (χ3n) is 10.2. The van der Waals surface area contributed by atoms with Gasteiger partial charge < -0.3 is 19.5 Å². The SMILES string of the molecule is COc1ccc(Cl)cc1S(=O)(=O)N1CCc2c(C)cc(C(=O)Nc3ccc(CC(=O)OC(=O)c4cc(C)c5c(c4)N(S(=O)(=O)c4cc(Cl)ccc4OC)CC5)cc3)cc21. The number of benzene rings is 5. The van der Waals surface area contributed by atoms with Gasteiger partial charge in [0, 0.05) is 34.4 Å². The Kier molecular flexibility index (Phi) is 11.4. The van der Waals surface area contributed by atoms with Crippen molar-refractivity contribution in [3.05, 3.63) is 134 Å². The van der Waals surface area contributed by atoms with Gasteiger partial charge in [-0.15, -0.1) is 0 Å². The van der Waals surface area contributed by atoms with Crippen molar-refractivity contribution in [2.45, 2.75) is 42.9 Å². The summed E-state index contributed by atoms with van der Waals surface area (Å²) in [6, 6.07) is 21.2. The minimum absolute atomic E-state index is 0.000444. The molecule has 17 heteroatoms. The van der Waals surface area contributed by atoms with Gasteiger partial charge in [-0.05, 0) is 127 Å². The summed E-state index contributed by atoms with van der Waals surface area (Å²) in [6.45, 7) is 3.86. The lowest BCUT2D eigenvalue weighted by Gasteiger charge is -2.22. The number of nitrogens with zero attached hydrogens (tertiary/aromatic N) is 2. The molecule has 5 aromatic rings. The molecule has 0 atom stereocenters. The van der Waals surface area contributed by atoms with Crippen molar-refractivity contribution in [3.8, 4) is 11.5 Å². The van der Waals surface area contributed by atoms with E-state index >= 15 is 0 Å². The van der Waals surface area contributed by atoms with Crippen LogP contribution in [-0.2, 0) is 48.8 Å². The quantitative estimate of drug-likeness (QED) is 0.105. The number of sulfonamides is 2. The number of aryl methyl sites for hydroxylation is 2. The zero-order valence-corrected chi connectivity index (χ0v) is 35.3. The monoisotopic (exact) mass is 877 g/mol. The number of hydrogen-bond acceptors (Lipinski definition) is 10. The molecule has 7 rings (SSSR count). The average molecular weight is 879 g/mol. The molecule has 2 heterocycles. The van der Waals surface area contributed by atoms with Gasteiger partial charge in [0.25, 0.3) is 26.0 Å². The standard InChI is InChI=1S/C42H37Cl2N3O10S2/c1-24-17-27(20-34-32(24)13-15-46(34)58(51,52)38-22-29(43)7-11-36(38)55-3)41(49)45-31-9-5-26(6-10-31)19-40(48)57-42(50)28-18-25(2)33-14-16-47(35(33)21-28)59(53,54)39-23-30(44)8-12-37(39)56-4/h5-12,17-18,20-23H,13-16,19H2,1-4H3,(H,45,49). The normalized spacial score (nSPS) is 13.5. The first-order valence-electron chi connectivity index (χ1n) is 18.2. The Bertz CT molecular complexity index is 2780. The smallest absolute Gasteiger partial charge is 0.345 e. The molecule has 306 valence electrons. The minimum atomic E-state index is -4.15. The van der Waals surface area contributed by atoms with Crippen LogP contribution in [0.1, 0.15) is 48.5 Å². The van der Waals surface area contributed by atoms with E-state index in [1.165, 1.54) is 71.4 Å². The summed E-state index contributed by atoms with van der Waals surface area (Å²) in [5, 5.41) is 3.25. The highest BCUT2D eigenvalue weighted by atomic mass is 35.5. The molecular weight excluding hydrogens is 842 g/mol. The summed E-state index contributed by atoms with van der Waals surface area (Å²) in [6.07, 6.45) is 0.590. The molecule has 0 saturated carbocycles. The first kappa shape index (κ1) is 41.5. The van der Waals surface area contributed by atoms with Crippen LogP contribution >= 0.6 is 23.2 Å². The third kappa shape index (κ3) is 8.07. The Balaban J connectivity index is 1.02. The lowest BCUT2D eigenvalue weighted by Crippen LogP contribution is -2.29. The van der Waals surface area contributed by atoms with Crippen LogP contribution in [-0.4, -0.2) is 62.0 Å². The van der Waals surface area contributed by atoms with Gasteiger partial charge >= 0.3 is 11.9 Å². The van der Waals surface area contributed by atoms with Gasteiger partial charge in [0.05, 0.1) is 37.6 Å². The van der Waals surface area contributed by atoms with E-state index in [0.717, 1.165) is 16.7 Å². The molecule has 0 radical (unpaired) electrons. The van der Waals surface area contributed by atoms with E-state index in [2.05, 4.69) is 5.32 Å². The van der Waals surface area contributed by atoms with Crippen molar-refractivity contribution < 1.29 is 45.4 Å². The molecule has 0 fully saturated rings. The zero-order chi connectivity index (χ0) is 42.4. The van der Waals surface area contributed by atoms with Crippen molar-refractivity contribution in [3.63, 3.8) is 0 Å². The molecule has 0 unspecified atom stereocenters. The number of methoxy groups -OCH3 is 2. The molecule has 13 nitrogen and oxygen atoms in total. The van der Waals surface area contributed by atoms with E-state index in [1.807, 2.05) is 6.92 Å². The molecule has 0 saturated heterocycles. The highest BCUT2D eigenvalue weighted by molar-refractivity contribution is 7.93. The van der Waals surface area contributed by atoms with Crippen molar-refractivity contribution in [2.24, 2.45) is 0 Å². The van der Waals surface area contributed by atoms with Gasteiger partial charge in [-0.1, -0.05) is 35.3 Å². The highest BCUT2D eigenvalue weighted by Crippen LogP contribution is 2.40. The fourth-order valence-electron chi connectivity index (χ4n) is 7.32. The van der Waals surface area contributed by atoms with E-state index in [-0.39, 0.29) is 62.0 Å². The van der Waals surface area contributed by atoms with Crippen molar-refractivity contribution in [1.82, 2.24) is 0 Å². The summed E-state index contributed by atoms with van der Waals surface area (Å²) in [7, 11) is -5.51. The number of amides is 1. The number of ether oxygens (including phenoxy) is 3. The van der Waals surface area contributed by atoms with E-state index in [1.54, 1.807) is 43.3 Å². The van der Waals surface area contributed by atoms with Crippen molar-refractivity contribution in [1.29, 1.82) is 0 Å². The maximum Gasteiger partial charge on any atom is 0.345 e. The van der Waals surface area contributed by atoms with Crippen LogP contribution in [0.15, 0.2) is 94.7 Å². The van der Waals surface area contributed by atoms with Crippen LogP contribution < -0.4 is 23.4 Å². The Morgan fingerprint density at radius 1 is 0.661 bits per heavy atom. The Labute approximate surface area is 351 Å². The number of carbonyl (C=O) groups excluding carboxylic acids is 3. The molecule has 2 aliphatic heterocycles. The summed E-state index contributed by atoms with van der Waals surface area (Å²) in [5.41, 5.74) is 4.75. The Hall–Kier alpha value is -5.61. The molecule has 0 aliphatic carbocycles. The Morgan fingerprint density at radius 2 is 1.14 bits per heavy atom. The number of fused-ring (bicyclic) bond motifs is 2. The van der Waals surface area contributed by atoms with Gasteiger partial charge in [0.2, 0.25) is 0 Å². The number of hydrogen-bond donors (Lipinski definition) is 1. The lowest BCUT2D eigenvalue weighted by atomic mass is 10.0. The average Bonchev–Trinajstić information content (AvgIpc) is 3.85. The third-order valence-corrected chi connectivity index (χ3v) is 14.4. The van der Waals surface area contributed by atoms with Crippen molar-refractivity contribution in [2.75, 3.05) is 41.2 Å². The van der Waals surface area contributed by atoms with E-state index in [4.69, 9.17) is 37.4 Å². The summed E-state index contributed by atoms with van der Waals surface area (Å²) in [4.78, 5) is 39.4. The maximum atomic E-state index is 13.8. The summed E-state index contributed by atoms with van der Waals surface area (Å²) in [5.74, 6) is -2.02. The van der Waals surface area contributed by atoms with E-state index in [0.29, 0.717) is 41.0 Å². The first-order valence-corrected chi connectivity index (χ1v) is 21.8. The molecule has 2 aliphatic rings. The highest BCUT2D eigenvalue weighted by Gasteiger charge is 2.36. The molecular formula is C42H37Cl2N3O10S2. The molecule has 1 amide bonds. The van der Waals surface area contributed by atoms with Gasteiger partial charge in [-0.3, -0.25) is 18.2 Å². The van der Waals surface area contributed by atoms with Crippen molar-refractivity contribution >= 4 is 78.2 Å². The number of carbonyl (C=O) groups is 3. The molecule has 0 bridgehead atoms. The largest absolute Gasteiger partial charge is 0.495 e. The second-order valence-corrected chi connectivity index (χ2v) is 18.5. The Morgan fingerprint density at radius 3 is 1.63 bits per heavy atom. The van der Waals surface area contributed by atoms with E-state index in [9.17, 15) is 31.2 Å². The van der Waals surface area contributed by atoms with E-state index < -0.39 is 37.9 Å². The fraction of sp³-hybridized carbons (Fsp3) is 0.214. The van der Waals surface area contributed by atoms with Crippen LogP contribution in [0.3, 0.4) is 0 Å². The fourth-order valence-corrected chi connectivity index (χ4v) is 11.1. The van der Waals surface area contributed by atoms with Gasteiger partial charge in [0.1, 0.15) is 21.3 Å². The number of halogens is 2. The van der Waals surface area contributed by atoms with Crippen LogP contribution in [0.2, 0.25) is 10.0 Å². The van der Waals surface area contributed by atoms with Crippen LogP contribution in [0.4, 0.5) is 17.1 Å². The summed E-state index contributed by atoms with van der Waals surface area (Å²) < 4.78 is 73.5. The van der Waals surface area contributed by atoms with Crippen LogP contribution in [0.5, 0.6) is 11.5 Å². The predicted molar refractivity (Wildman–Crippen MR) is 223 cm³/mol. The first-order chi connectivity index (χ1) is 28.0. The number of esters is 2. The molecule has 0 spiro atoms. The summed E-state index contributed by atoms with van der Waals surface area (Å²) >= 11 is 12.3. The number of rotatable bonds is 11.